The summed E-state index contributed by atoms with van der Waals surface area (Å²) in [4.78, 5) is 10.1. The standard InChI is InChI=1S/C13H19N3S/c1-14-13(11-5-3-4-6-12(11)17)16-9-7-15(2)8-10-16/h3-6,17H,7-10H2,1-2H3. The summed E-state index contributed by atoms with van der Waals surface area (Å²) in [5.74, 6) is 1.06. The summed E-state index contributed by atoms with van der Waals surface area (Å²) in [7, 11) is 4.01. The Hall–Kier alpha value is -1.00. The first-order valence-corrected chi connectivity index (χ1v) is 6.35. The zero-order valence-corrected chi connectivity index (χ0v) is 11.3. The Kier molecular flexibility index (Phi) is 4.07. The summed E-state index contributed by atoms with van der Waals surface area (Å²) in [6, 6.07) is 8.14. The maximum Gasteiger partial charge on any atom is 0.131 e. The van der Waals surface area contributed by atoms with Crippen LogP contribution in [0.1, 0.15) is 5.56 Å². The largest absolute Gasteiger partial charge is 0.354 e. The van der Waals surface area contributed by atoms with Crippen LogP contribution in [-0.2, 0) is 0 Å². The van der Waals surface area contributed by atoms with Crippen LogP contribution in [0, 0.1) is 0 Å². The van der Waals surface area contributed by atoms with Crippen LogP contribution in [0.15, 0.2) is 34.2 Å². The number of nitrogens with zero attached hydrogens (tertiary/aromatic N) is 3. The molecule has 0 N–H and O–H groups in total. The number of hydrogen-bond donors (Lipinski definition) is 1. The van der Waals surface area contributed by atoms with E-state index in [4.69, 9.17) is 0 Å². The van der Waals surface area contributed by atoms with Gasteiger partial charge in [-0.05, 0) is 13.1 Å². The third kappa shape index (κ3) is 2.82. The highest BCUT2D eigenvalue weighted by atomic mass is 32.1. The molecule has 1 fully saturated rings. The van der Waals surface area contributed by atoms with E-state index in [0.29, 0.717) is 0 Å². The van der Waals surface area contributed by atoms with Crippen LogP contribution in [0.25, 0.3) is 0 Å². The minimum Gasteiger partial charge on any atom is -0.354 e. The van der Waals surface area contributed by atoms with Crippen LogP contribution in [0.2, 0.25) is 0 Å². The minimum atomic E-state index is 0.993. The molecule has 0 atom stereocenters. The highest BCUT2D eigenvalue weighted by molar-refractivity contribution is 7.80. The van der Waals surface area contributed by atoms with E-state index in [9.17, 15) is 0 Å². The van der Waals surface area contributed by atoms with Crippen molar-refractivity contribution in [3.05, 3.63) is 29.8 Å². The lowest BCUT2D eigenvalue weighted by molar-refractivity contribution is 0.215. The van der Waals surface area contributed by atoms with E-state index in [1.807, 2.05) is 25.2 Å². The Labute approximate surface area is 109 Å². The molecule has 3 nitrogen and oxygen atoms in total. The number of aliphatic imine (C=N–C) groups is 1. The molecule has 0 spiro atoms. The zero-order valence-electron chi connectivity index (χ0n) is 10.4. The normalized spacial score (nSPS) is 18.5. The van der Waals surface area contributed by atoms with Crippen molar-refractivity contribution in [2.24, 2.45) is 4.99 Å². The molecule has 0 aromatic heterocycles. The molecule has 1 aliphatic heterocycles. The molecule has 0 saturated carbocycles. The fraction of sp³-hybridized carbons (Fsp3) is 0.462. The monoisotopic (exact) mass is 249 g/mol. The topological polar surface area (TPSA) is 18.8 Å². The van der Waals surface area contributed by atoms with E-state index in [0.717, 1.165) is 42.5 Å². The van der Waals surface area contributed by atoms with Crippen molar-refractivity contribution >= 4 is 18.5 Å². The lowest BCUT2D eigenvalue weighted by Crippen LogP contribution is -2.47. The number of thiol groups is 1. The van der Waals surface area contributed by atoms with Crippen LogP contribution in [0.4, 0.5) is 0 Å². The molecular formula is C13H19N3S. The molecule has 1 aromatic carbocycles. The second-order valence-electron chi connectivity index (χ2n) is 4.35. The van der Waals surface area contributed by atoms with Crippen LogP contribution < -0.4 is 0 Å². The first-order valence-electron chi connectivity index (χ1n) is 5.91. The van der Waals surface area contributed by atoms with Gasteiger partial charge in [-0.25, -0.2) is 0 Å². The van der Waals surface area contributed by atoms with Crippen molar-refractivity contribution in [1.82, 2.24) is 9.80 Å². The molecule has 0 bridgehead atoms. The first-order chi connectivity index (χ1) is 8.22. The van der Waals surface area contributed by atoms with Crippen LogP contribution in [0.3, 0.4) is 0 Å². The molecule has 1 aromatic rings. The van der Waals surface area contributed by atoms with E-state index in [2.05, 4.69) is 40.5 Å². The van der Waals surface area contributed by atoms with Gasteiger partial charge in [-0.2, -0.15) is 0 Å². The van der Waals surface area contributed by atoms with E-state index in [1.54, 1.807) is 0 Å². The molecule has 17 heavy (non-hydrogen) atoms. The molecule has 4 heteroatoms. The Balaban J connectivity index is 2.21. The lowest BCUT2D eigenvalue weighted by Gasteiger charge is -2.34. The van der Waals surface area contributed by atoms with E-state index in [1.165, 1.54) is 0 Å². The van der Waals surface area contributed by atoms with Crippen molar-refractivity contribution in [2.75, 3.05) is 40.3 Å². The molecule has 0 amide bonds. The Bertz CT molecular complexity index is 409. The highest BCUT2D eigenvalue weighted by Crippen LogP contribution is 2.17. The number of piperazine rings is 1. The first kappa shape index (κ1) is 12.5. The summed E-state index contributed by atoms with van der Waals surface area (Å²) >= 11 is 4.51. The Morgan fingerprint density at radius 3 is 2.41 bits per heavy atom. The molecular weight excluding hydrogens is 230 g/mol. The second kappa shape index (κ2) is 5.56. The zero-order chi connectivity index (χ0) is 12.3. The fourth-order valence-electron chi connectivity index (χ4n) is 2.11. The van der Waals surface area contributed by atoms with Gasteiger partial charge in [0.25, 0.3) is 0 Å². The fourth-order valence-corrected chi connectivity index (χ4v) is 2.37. The summed E-state index contributed by atoms with van der Waals surface area (Å²) in [5.41, 5.74) is 1.13. The average Bonchev–Trinajstić information content (AvgIpc) is 2.35. The van der Waals surface area contributed by atoms with Crippen LogP contribution >= 0.6 is 12.6 Å². The van der Waals surface area contributed by atoms with Gasteiger partial charge in [0.2, 0.25) is 0 Å². The Morgan fingerprint density at radius 1 is 1.18 bits per heavy atom. The molecule has 1 heterocycles. The van der Waals surface area contributed by atoms with Crippen molar-refractivity contribution in [3.8, 4) is 0 Å². The van der Waals surface area contributed by atoms with Crippen LogP contribution in [0.5, 0.6) is 0 Å². The van der Waals surface area contributed by atoms with E-state index in [-0.39, 0.29) is 0 Å². The van der Waals surface area contributed by atoms with Gasteiger partial charge in [-0.1, -0.05) is 18.2 Å². The van der Waals surface area contributed by atoms with Gasteiger partial charge in [-0.15, -0.1) is 12.6 Å². The quantitative estimate of drug-likeness (QED) is 0.463. The SMILES string of the molecule is CN=C(c1ccccc1S)N1CCN(C)CC1. The summed E-state index contributed by atoms with van der Waals surface area (Å²) in [6.45, 7) is 4.25. The summed E-state index contributed by atoms with van der Waals surface area (Å²) in [6.07, 6.45) is 0. The van der Waals surface area contributed by atoms with Crippen molar-refractivity contribution < 1.29 is 0 Å². The predicted octanol–water partition coefficient (Wildman–Crippen LogP) is 1.60. The molecule has 1 saturated heterocycles. The third-order valence-corrected chi connectivity index (χ3v) is 3.55. The van der Waals surface area contributed by atoms with Crippen molar-refractivity contribution in [3.63, 3.8) is 0 Å². The van der Waals surface area contributed by atoms with Gasteiger partial charge in [0.05, 0.1) is 0 Å². The van der Waals surface area contributed by atoms with Gasteiger partial charge in [0.1, 0.15) is 5.84 Å². The van der Waals surface area contributed by atoms with E-state index < -0.39 is 0 Å². The van der Waals surface area contributed by atoms with Gasteiger partial charge in [0.15, 0.2) is 0 Å². The van der Waals surface area contributed by atoms with E-state index >= 15 is 0 Å². The highest BCUT2D eigenvalue weighted by Gasteiger charge is 2.19. The molecule has 2 rings (SSSR count). The molecule has 0 unspecified atom stereocenters. The number of amidine groups is 1. The second-order valence-corrected chi connectivity index (χ2v) is 4.84. The molecule has 0 aliphatic carbocycles. The summed E-state index contributed by atoms with van der Waals surface area (Å²) < 4.78 is 0. The lowest BCUT2D eigenvalue weighted by atomic mass is 10.1. The Morgan fingerprint density at radius 2 is 1.82 bits per heavy atom. The van der Waals surface area contributed by atoms with Crippen molar-refractivity contribution in [1.29, 1.82) is 0 Å². The predicted molar refractivity (Wildman–Crippen MR) is 75.2 cm³/mol. The summed E-state index contributed by atoms with van der Waals surface area (Å²) in [5, 5.41) is 0. The average molecular weight is 249 g/mol. The molecule has 1 aliphatic rings. The van der Waals surface area contributed by atoms with Gasteiger partial charge >= 0.3 is 0 Å². The van der Waals surface area contributed by atoms with Crippen LogP contribution in [-0.4, -0.2) is 55.9 Å². The number of rotatable bonds is 1. The number of likely N-dealkylation sites (N-methyl/N-ethyl adjacent to an activating group) is 1. The van der Waals surface area contributed by atoms with Gasteiger partial charge < -0.3 is 9.80 Å². The van der Waals surface area contributed by atoms with Gasteiger partial charge in [0, 0.05) is 43.7 Å². The molecule has 0 radical (unpaired) electrons. The maximum atomic E-state index is 4.51. The van der Waals surface area contributed by atoms with Gasteiger partial charge in [-0.3, -0.25) is 4.99 Å². The minimum absolute atomic E-state index is 0.993. The maximum absolute atomic E-state index is 4.51. The number of benzene rings is 1. The third-order valence-electron chi connectivity index (χ3n) is 3.16. The number of hydrogen-bond acceptors (Lipinski definition) is 3. The van der Waals surface area contributed by atoms with Crippen molar-refractivity contribution in [2.45, 2.75) is 4.90 Å². The molecule has 92 valence electrons. The smallest absolute Gasteiger partial charge is 0.131 e.